The molecule has 4 rings (SSSR count). The molecule has 4 nitrogen and oxygen atoms in total. The third-order valence-electron chi connectivity index (χ3n) is 4.57. The van der Waals surface area contributed by atoms with E-state index in [0.29, 0.717) is 17.0 Å². The highest BCUT2D eigenvalue weighted by Crippen LogP contribution is 2.36. The standard InChI is InChI=1S/C22H17BrN2O2S/c1-13-8-9-14(2)17(11-13)24-20-19(18-7-4-10-28-18)21(26)25(22(20)27)16-6-3-5-15(23)12-16/h3-12,24H,1-2H3. The average molecular weight is 453 g/mol. The van der Waals surface area contributed by atoms with E-state index in [-0.39, 0.29) is 11.8 Å². The highest BCUT2D eigenvalue weighted by molar-refractivity contribution is 9.10. The molecule has 0 radical (unpaired) electrons. The zero-order valence-corrected chi connectivity index (χ0v) is 17.7. The van der Waals surface area contributed by atoms with Crippen LogP contribution in [0.25, 0.3) is 5.57 Å². The molecule has 0 unspecified atom stereocenters. The summed E-state index contributed by atoms with van der Waals surface area (Å²) in [6, 6.07) is 16.9. The normalized spacial score (nSPS) is 14.2. The molecule has 2 amide bonds. The lowest BCUT2D eigenvalue weighted by Gasteiger charge is -2.16. The highest BCUT2D eigenvalue weighted by Gasteiger charge is 2.40. The van der Waals surface area contributed by atoms with E-state index in [0.717, 1.165) is 26.2 Å². The zero-order chi connectivity index (χ0) is 19.8. The number of hydrogen-bond donors (Lipinski definition) is 1. The fourth-order valence-electron chi connectivity index (χ4n) is 3.15. The van der Waals surface area contributed by atoms with Crippen molar-refractivity contribution in [2.24, 2.45) is 0 Å². The van der Waals surface area contributed by atoms with Crippen LogP contribution in [0.5, 0.6) is 0 Å². The number of carbonyl (C=O) groups is 2. The van der Waals surface area contributed by atoms with Gasteiger partial charge in [0.05, 0.1) is 11.3 Å². The van der Waals surface area contributed by atoms with Crippen molar-refractivity contribution >= 4 is 56.0 Å². The Kier molecular flexibility index (Phi) is 4.91. The quantitative estimate of drug-likeness (QED) is 0.529. The van der Waals surface area contributed by atoms with Gasteiger partial charge in [0, 0.05) is 15.0 Å². The summed E-state index contributed by atoms with van der Waals surface area (Å²) in [4.78, 5) is 28.6. The van der Waals surface area contributed by atoms with E-state index in [2.05, 4.69) is 21.2 Å². The number of amides is 2. The molecule has 0 saturated carbocycles. The van der Waals surface area contributed by atoms with Gasteiger partial charge in [0.25, 0.3) is 11.8 Å². The molecule has 2 aromatic carbocycles. The maximum absolute atomic E-state index is 13.3. The van der Waals surface area contributed by atoms with Gasteiger partial charge in [0.15, 0.2) is 0 Å². The van der Waals surface area contributed by atoms with Gasteiger partial charge in [-0.3, -0.25) is 9.59 Å². The van der Waals surface area contributed by atoms with Crippen LogP contribution in [0, 0.1) is 13.8 Å². The van der Waals surface area contributed by atoms with Gasteiger partial charge in [0.2, 0.25) is 0 Å². The van der Waals surface area contributed by atoms with E-state index in [4.69, 9.17) is 0 Å². The van der Waals surface area contributed by atoms with E-state index in [1.54, 1.807) is 18.2 Å². The van der Waals surface area contributed by atoms with Crippen molar-refractivity contribution in [2.75, 3.05) is 10.2 Å². The second kappa shape index (κ2) is 7.37. The number of benzene rings is 2. The van der Waals surface area contributed by atoms with Crippen molar-refractivity contribution in [1.82, 2.24) is 0 Å². The molecule has 0 atom stereocenters. The Morgan fingerprint density at radius 1 is 0.964 bits per heavy atom. The molecule has 3 aromatic rings. The smallest absolute Gasteiger partial charge is 0.282 e. The highest BCUT2D eigenvalue weighted by atomic mass is 79.9. The molecule has 140 valence electrons. The molecule has 0 spiro atoms. The minimum atomic E-state index is -0.354. The van der Waals surface area contributed by atoms with Crippen molar-refractivity contribution in [3.8, 4) is 0 Å². The van der Waals surface area contributed by atoms with Gasteiger partial charge in [-0.05, 0) is 60.7 Å². The third-order valence-corrected chi connectivity index (χ3v) is 5.95. The number of hydrogen-bond acceptors (Lipinski definition) is 4. The van der Waals surface area contributed by atoms with Gasteiger partial charge in [-0.25, -0.2) is 4.90 Å². The number of thiophene rings is 1. The second-order valence-corrected chi connectivity index (χ2v) is 8.46. The average Bonchev–Trinajstić information content (AvgIpc) is 3.25. The maximum atomic E-state index is 13.3. The summed E-state index contributed by atoms with van der Waals surface area (Å²) >= 11 is 4.85. The van der Waals surface area contributed by atoms with Crippen molar-refractivity contribution in [3.63, 3.8) is 0 Å². The lowest BCUT2D eigenvalue weighted by atomic mass is 10.1. The summed E-state index contributed by atoms with van der Waals surface area (Å²) in [5.74, 6) is -0.675. The number of halogens is 1. The van der Waals surface area contributed by atoms with Crippen LogP contribution in [-0.4, -0.2) is 11.8 Å². The number of imide groups is 1. The third kappa shape index (κ3) is 3.30. The number of carbonyl (C=O) groups excluding carboxylic acids is 2. The van der Waals surface area contributed by atoms with Crippen LogP contribution in [0.3, 0.4) is 0 Å². The van der Waals surface area contributed by atoms with Crippen LogP contribution in [0.4, 0.5) is 11.4 Å². The molecule has 0 fully saturated rings. The summed E-state index contributed by atoms with van der Waals surface area (Å²) in [5.41, 5.74) is 4.15. The molecule has 0 aliphatic carbocycles. The van der Waals surface area contributed by atoms with Crippen molar-refractivity contribution in [3.05, 3.63) is 86.2 Å². The van der Waals surface area contributed by atoms with E-state index in [1.165, 1.54) is 16.2 Å². The minimum Gasteiger partial charge on any atom is -0.350 e. The van der Waals surface area contributed by atoms with Crippen LogP contribution < -0.4 is 10.2 Å². The summed E-state index contributed by atoms with van der Waals surface area (Å²) in [7, 11) is 0. The number of rotatable bonds is 4. The predicted molar refractivity (Wildman–Crippen MR) is 117 cm³/mol. The van der Waals surface area contributed by atoms with Gasteiger partial charge >= 0.3 is 0 Å². The summed E-state index contributed by atoms with van der Waals surface area (Å²) in [6.07, 6.45) is 0. The number of aryl methyl sites for hydroxylation is 2. The van der Waals surface area contributed by atoms with Crippen molar-refractivity contribution in [1.29, 1.82) is 0 Å². The number of nitrogens with one attached hydrogen (secondary N) is 1. The fraction of sp³-hybridized carbons (Fsp3) is 0.0909. The second-order valence-electron chi connectivity index (χ2n) is 6.60. The predicted octanol–water partition coefficient (Wildman–Crippen LogP) is 5.52. The van der Waals surface area contributed by atoms with Gasteiger partial charge in [-0.15, -0.1) is 11.3 Å². The molecule has 6 heteroatoms. The first kappa shape index (κ1) is 18.7. The summed E-state index contributed by atoms with van der Waals surface area (Å²) < 4.78 is 0.805. The maximum Gasteiger partial charge on any atom is 0.282 e. The molecule has 1 aliphatic heterocycles. The zero-order valence-electron chi connectivity index (χ0n) is 15.3. The van der Waals surface area contributed by atoms with Gasteiger partial charge < -0.3 is 5.32 Å². The first-order valence-corrected chi connectivity index (χ1v) is 10.4. The molecule has 0 saturated heterocycles. The number of nitrogens with zero attached hydrogens (tertiary/aromatic N) is 1. The van der Waals surface area contributed by atoms with Crippen LogP contribution in [0.2, 0.25) is 0 Å². The van der Waals surface area contributed by atoms with Gasteiger partial charge in [0.1, 0.15) is 5.70 Å². The van der Waals surface area contributed by atoms with E-state index in [9.17, 15) is 9.59 Å². The van der Waals surface area contributed by atoms with Crippen LogP contribution in [-0.2, 0) is 9.59 Å². The van der Waals surface area contributed by atoms with Crippen LogP contribution >= 0.6 is 27.3 Å². The number of anilines is 2. The Hall–Kier alpha value is -2.70. The van der Waals surface area contributed by atoms with Crippen molar-refractivity contribution < 1.29 is 9.59 Å². The molecule has 1 aromatic heterocycles. The Labute approximate surface area is 175 Å². The Bertz CT molecular complexity index is 1120. The summed E-state index contributed by atoms with van der Waals surface area (Å²) in [5, 5.41) is 5.15. The lowest BCUT2D eigenvalue weighted by molar-refractivity contribution is -0.120. The Balaban J connectivity index is 1.83. The molecule has 0 bridgehead atoms. The molecular formula is C22H17BrN2O2S. The fourth-order valence-corrected chi connectivity index (χ4v) is 4.31. The molecule has 1 N–H and O–H groups in total. The monoisotopic (exact) mass is 452 g/mol. The van der Waals surface area contributed by atoms with Crippen molar-refractivity contribution in [2.45, 2.75) is 13.8 Å². The lowest BCUT2D eigenvalue weighted by Crippen LogP contribution is -2.32. The van der Waals surface area contributed by atoms with Crippen LogP contribution in [0.15, 0.2) is 70.1 Å². The Morgan fingerprint density at radius 2 is 1.79 bits per heavy atom. The van der Waals surface area contributed by atoms with Gasteiger partial charge in [-0.2, -0.15) is 0 Å². The molecule has 2 heterocycles. The summed E-state index contributed by atoms with van der Waals surface area (Å²) in [6.45, 7) is 3.97. The first-order valence-electron chi connectivity index (χ1n) is 8.72. The van der Waals surface area contributed by atoms with Crippen LogP contribution in [0.1, 0.15) is 16.0 Å². The first-order chi connectivity index (χ1) is 13.5. The van der Waals surface area contributed by atoms with Gasteiger partial charge in [-0.1, -0.05) is 40.2 Å². The van der Waals surface area contributed by atoms with E-state index >= 15 is 0 Å². The topological polar surface area (TPSA) is 49.4 Å². The minimum absolute atomic E-state index is 0.307. The van der Waals surface area contributed by atoms with E-state index in [1.807, 2.05) is 55.6 Å². The Morgan fingerprint density at radius 3 is 2.50 bits per heavy atom. The largest absolute Gasteiger partial charge is 0.350 e. The molecule has 1 aliphatic rings. The van der Waals surface area contributed by atoms with E-state index < -0.39 is 0 Å². The molecule has 28 heavy (non-hydrogen) atoms. The SMILES string of the molecule is Cc1ccc(C)c(NC2=C(c3cccs3)C(=O)N(c3cccc(Br)c3)C2=O)c1. The molecular weight excluding hydrogens is 436 g/mol.